The van der Waals surface area contributed by atoms with Crippen LogP contribution < -0.4 is 10.1 Å². The van der Waals surface area contributed by atoms with Crippen LogP contribution in [0.5, 0.6) is 5.75 Å². The molecular formula is C17H26N2O3. The lowest BCUT2D eigenvalue weighted by Gasteiger charge is -2.25. The molecule has 0 radical (unpaired) electrons. The van der Waals surface area contributed by atoms with Crippen LogP contribution in [0.3, 0.4) is 0 Å². The Morgan fingerprint density at radius 1 is 1.36 bits per heavy atom. The Labute approximate surface area is 132 Å². The molecule has 1 fully saturated rings. The molecule has 1 N–H and O–H groups in total. The SMILES string of the molecule is CCOc1ccc(CN(CCOC)C(=O)[C@@H]2CCNC2)cc1. The minimum atomic E-state index is 0.0968. The minimum absolute atomic E-state index is 0.0968. The van der Waals surface area contributed by atoms with Crippen molar-refractivity contribution >= 4 is 5.91 Å². The predicted octanol–water partition coefficient (Wildman–Crippen LogP) is 1.67. The first-order valence-electron chi connectivity index (χ1n) is 7.94. The van der Waals surface area contributed by atoms with Gasteiger partial charge in [0.25, 0.3) is 0 Å². The summed E-state index contributed by atoms with van der Waals surface area (Å²) in [5.74, 6) is 1.18. The molecule has 0 aliphatic carbocycles. The molecule has 0 spiro atoms. The summed E-state index contributed by atoms with van der Waals surface area (Å²) in [6, 6.07) is 7.94. The number of nitrogens with one attached hydrogen (secondary N) is 1. The Balaban J connectivity index is 1.99. The number of methoxy groups -OCH3 is 1. The highest BCUT2D eigenvalue weighted by molar-refractivity contribution is 5.79. The molecule has 1 atom stereocenters. The van der Waals surface area contributed by atoms with E-state index in [0.717, 1.165) is 30.8 Å². The van der Waals surface area contributed by atoms with Crippen LogP contribution in [0.1, 0.15) is 18.9 Å². The molecule has 0 saturated carbocycles. The topological polar surface area (TPSA) is 50.8 Å². The molecule has 5 nitrogen and oxygen atoms in total. The minimum Gasteiger partial charge on any atom is -0.494 e. The van der Waals surface area contributed by atoms with E-state index in [9.17, 15) is 4.79 Å². The first-order chi connectivity index (χ1) is 10.7. The number of carbonyl (C=O) groups excluding carboxylic acids is 1. The Hall–Kier alpha value is -1.59. The zero-order chi connectivity index (χ0) is 15.8. The Kier molecular flexibility index (Phi) is 6.68. The summed E-state index contributed by atoms with van der Waals surface area (Å²) in [5, 5.41) is 3.25. The molecule has 0 aromatic heterocycles. The lowest BCUT2D eigenvalue weighted by molar-refractivity contribution is -0.136. The molecule has 1 heterocycles. The molecular weight excluding hydrogens is 280 g/mol. The van der Waals surface area contributed by atoms with Crippen molar-refractivity contribution in [3.63, 3.8) is 0 Å². The van der Waals surface area contributed by atoms with Gasteiger partial charge in [0.1, 0.15) is 5.75 Å². The second-order valence-corrected chi connectivity index (χ2v) is 5.52. The summed E-state index contributed by atoms with van der Waals surface area (Å²) < 4.78 is 10.6. The lowest BCUT2D eigenvalue weighted by atomic mass is 10.1. The number of hydrogen-bond donors (Lipinski definition) is 1. The molecule has 1 saturated heterocycles. The van der Waals surface area contributed by atoms with E-state index in [-0.39, 0.29) is 11.8 Å². The zero-order valence-corrected chi connectivity index (χ0v) is 13.5. The molecule has 22 heavy (non-hydrogen) atoms. The van der Waals surface area contributed by atoms with Crippen LogP contribution in [0.4, 0.5) is 0 Å². The largest absolute Gasteiger partial charge is 0.494 e. The fourth-order valence-corrected chi connectivity index (χ4v) is 2.67. The van der Waals surface area contributed by atoms with Gasteiger partial charge in [-0.3, -0.25) is 4.79 Å². The maximum Gasteiger partial charge on any atom is 0.227 e. The predicted molar refractivity (Wildman–Crippen MR) is 85.9 cm³/mol. The van der Waals surface area contributed by atoms with Crippen LogP contribution in [-0.2, 0) is 16.1 Å². The summed E-state index contributed by atoms with van der Waals surface area (Å²) in [6.07, 6.45) is 0.922. The Bertz CT molecular complexity index is 455. The molecule has 1 amide bonds. The van der Waals surface area contributed by atoms with Crippen molar-refractivity contribution in [2.45, 2.75) is 19.9 Å². The summed E-state index contributed by atoms with van der Waals surface area (Å²) in [7, 11) is 1.66. The van der Waals surface area contributed by atoms with E-state index in [0.29, 0.717) is 26.3 Å². The maximum absolute atomic E-state index is 12.6. The second kappa shape index (κ2) is 8.76. The Morgan fingerprint density at radius 3 is 2.73 bits per heavy atom. The van der Waals surface area contributed by atoms with Crippen molar-refractivity contribution in [1.29, 1.82) is 0 Å². The van der Waals surface area contributed by atoms with Gasteiger partial charge in [0.15, 0.2) is 0 Å². The van der Waals surface area contributed by atoms with Gasteiger partial charge in [0.2, 0.25) is 5.91 Å². The fourth-order valence-electron chi connectivity index (χ4n) is 2.67. The van der Waals surface area contributed by atoms with Gasteiger partial charge in [0.05, 0.1) is 19.1 Å². The first kappa shape index (κ1) is 16.8. The number of amides is 1. The highest BCUT2D eigenvalue weighted by atomic mass is 16.5. The van der Waals surface area contributed by atoms with Crippen LogP contribution in [-0.4, -0.2) is 50.8 Å². The third-order valence-electron chi connectivity index (χ3n) is 3.89. The number of rotatable bonds is 8. The third kappa shape index (κ3) is 4.71. The van der Waals surface area contributed by atoms with E-state index in [1.807, 2.05) is 36.1 Å². The molecule has 122 valence electrons. The van der Waals surface area contributed by atoms with Gasteiger partial charge in [-0.05, 0) is 37.6 Å². The number of benzene rings is 1. The van der Waals surface area contributed by atoms with Gasteiger partial charge in [0, 0.05) is 26.7 Å². The van der Waals surface area contributed by atoms with Crippen molar-refractivity contribution in [1.82, 2.24) is 10.2 Å². The molecule has 0 unspecified atom stereocenters. The molecule has 5 heteroatoms. The van der Waals surface area contributed by atoms with E-state index in [2.05, 4.69) is 5.32 Å². The van der Waals surface area contributed by atoms with Gasteiger partial charge >= 0.3 is 0 Å². The average molecular weight is 306 g/mol. The van der Waals surface area contributed by atoms with Crippen LogP contribution in [0, 0.1) is 5.92 Å². The van der Waals surface area contributed by atoms with E-state index in [4.69, 9.17) is 9.47 Å². The number of nitrogens with zero attached hydrogens (tertiary/aromatic N) is 1. The van der Waals surface area contributed by atoms with Crippen molar-refractivity contribution in [3.8, 4) is 5.75 Å². The van der Waals surface area contributed by atoms with Gasteiger partial charge in [-0.2, -0.15) is 0 Å². The normalized spacial score (nSPS) is 17.5. The van der Waals surface area contributed by atoms with Crippen LogP contribution in [0.15, 0.2) is 24.3 Å². The highest BCUT2D eigenvalue weighted by Gasteiger charge is 2.26. The van der Waals surface area contributed by atoms with Gasteiger partial charge in [-0.25, -0.2) is 0 Å². The second-order valence-electron chi connectivity index (χ2n) is 5.52. The van der Waals surface area contributed by atoms with E-state index < -0.39 is 0 Å². The smallest absolute Gasteiger partial charge is 0.227 e. The summed E-state index contributed by atoms with van der Waals surface area (Å²) >= 11 is 0. The molecule has 1 aromatic rings. The molecule has 0 bridgehead atoms. The number of hydrogen-bond acceptors (Lipinski definition) is 4. The van der Waals surface area contributed by atoms with E-state index in [1.54, 1.807) is 7.11 Å². The Morgan fingerprint density at radius 2 is 2.14 bits per heavy atom. The lowest BCUT2D eigenvalue weighted by Crippen LogP contribution is -2.38. The maximum atomic E-state index is 12.6. The zero-order valence-electron chi connectivity index (χ0n) is 13.5. The molecule has 1 aliphatic heterocycles. The first-order valence-corrected chi connectivity index (χ1v) is 7.94. The quantitative estimate of drug-likeness (QED) is 0.794. The van der Waals surface area contributed by atoms with Crippen LogP contribution in [0.25, 0.3) is 0 Å². The van der Waals surface area contributed by atoms with E-state index >= 15 is 0 Å². The van der Waals surface area contributed by atoms with Crippen molar-refractivity contribution in [2.24, 2.45) is 5.92 Å². The summed E-state index contributed by atoms with van der Waals surface area (Å²) in [4.78, 5) is 14.5. The highest BCUT2D eigenvalue weighted by Crippen LogP contribution is 2.17. The van der Waals surface area contributed by atoms with Crippen molar-refractivity contribution in [3.05, 3.63) is 29.8 Å². The van der Waals surface area contributed by atoms with Crippen LogP contribution in [0.2, 0.25) is 0 Å². The summed E-state index contributed by atoms with van der Waals surface area (Å²) in [6.45, 7) is 6.14. The summed E-state index contributed by atoms with van der Waals surface area (Å²) in [5.41, 5.74) is 1.11. The number of carbonyl (C=O) groups is 1. The number of ether oxygens (including phenoxy) is 2. The van der Waals surface area contributed by atoms with Gasteiger partial charge in [-0.15, -0.1) is 0 Å². The average Bonchev–Trinajstić information content (AvgIpc) is 3.07. The molecule has 1 aliphatic rings. The van der Waals surface area contributed by atoms with Gasteiger partial charge in [-0.1, -0.05) is 12.1 Å². The fraction of sp³-hybridized carbons (Fsp3) is 0.588. The van der Waals surface area contributed by atoms with Crippen molar-refractivity contribution < 1.29 is 14.3 Å². The third-order valence-corrected chi connectivity index (χ3v) is 3.89. The van der Waals surface area contributed by atoms with Crippen LogP contribution >= 0.6 is 0 Å². The monoisotopic (exact) mass is 306 g/mol. The molecule has 1 aromatic carbocycles. The van der Waals surface area contributed by atoms with Gasteiger partial charge < -0.3 is 19.7 Å². The molecule has 2 rings (SSSR count). The van der Waals surface area contributed by atoms with Crippen molar-refractivity contribution in [2.75, 3.05) is 40.0 Å². The van der Waals surface area contributed by atoms with E-state index in [1.165, 1.54) is 0 Å². The standard InChI is InChI=1S/C17H26N2O3/c1-3-22-16-6-4-14(5-7-16)13-19(10-11-21-2)17(20)15-8-9-18-12-15/h4-7,15,18H,3,8-13H2,1-2H3/t15-/m1/s1.